The van der Waals surface area contributed by atoms with E-state index in [0.717, 1.165) is 35.2 Å². The lowest BCUT2D eigenvalue weighted by atomic mass is 9.68. The summed E-state index contributed by atoms with van der Waals surface area (Å²) >= 11 is 0. The molecule has 0 bridgehead atoms. The van der Waals surface area contributed by atoms with Gasteiger partial charge in [0.25, 0.3) is 0 Å². The molecule has 1 fully saturated rings. The van der Waals surface area contributed by atoms with Crippen LogP contribution in [0.3, 0.4) is 0 Å². The van der Waals surface area contributed by atoms with Gasteiger partial charge in [0.2, 0.25) is 5.91 Å². The predicted molar refractivity (Wildman–Crippen MR) is 164 cm³/mol. The van der Waals surface area contributed by atoms with Crippen molar-refractivity contribution in [2.24, 2.45) is 0 Å². The highest BCUT2D eigenvalue weighted by Gasteiger charge is 2.49. The van der Waals surface area contributed by atoms with Crippen molar-refractivity contribution in [1.82, 2.24) is 19.8 Å². The number of carbonyl (C=O) groups is 2. The second-order valence-electron chi connectivity index (χ2n) is 13.0. The molecule has 2 aromatic heterocycles. The molecule has 2 aliphatic heterocycles. The maximum atomic E-state index is 13.2. The Morgan fingerprint density at radius 1 is 1.20 bits per heavy atom. The van der Waals surface area contributed by atoms with Gasteiger partial charge in [-0.1, -0.05) is 20.8 Å². The molecular formula is C31H43N5O4Si. The molecule has 3 amide bonds. The molecule has 9 nitrogen and oxygen atoms in total. The Balaban J connectivity index is 1.50. The first-order valence-corrected chi connectivity index (χ1v) is 17.3. The van der Waals surface area contributed by atoms with E-state index < -0.39 is 8.32 Å². The molecule has 1 aromatic carbocycles. The Kier molecular flexibility index (Phi) is 7.67. The zero-order valence-corrected chi connectivity index (χ0v) is 26.3. The molecule has 220 valence electrons. The van der Waals surface area contributed by atoms with Gasteiger partial charge in [-0.15, -0.1) is 0 Å². The molecule has 1 atom stereocenters. The molecule has 5 rings (SSSR count). The summed E-state index contributed by atoms with van der Waals surface area (Å²) in [7, 11) is -0.386. The summed E-state index contributed by atoms with van der Waals surface area (Å²) in [5.41, 5.74) is 3.68. The highest BCUT2D eigenvalue weighted by atomic mass is 28.4. The van der Waals surface area contributed by atoms with Crippen LogP contribution in [0.25, 0.3) is 10.9 Å². The van der Waals surface area contributed by atoms with Crippen LogP contribution < -0.4 is 10.1 Å². The van der Waals surface area contributed by atoms with Crippen molar-refractivity contribution < 1.29 is 18.8 Å². The molecule has 1 unspecified atom stereocenters. The maximum absolute atomic E-state index is 13.2. The lowest BCUT2D eigenvalue weighted by Gasteiger charge is -2.50. The predicted octanol–water partition coefficient (Wildman–Crippen LogP) is 6.06. The normalized spacial score (nSPS) is 18.9. The molecule has 3 aromatic rings. The van der Waals surface area contributed by atoms with Crippen LogP contribution in [0.5, 0.6) is 5.75 Å². The lowest BCUT2D eigenvalue weighted by Crippen LogP contribution is -2.56. The number of piperidine rings is 1. The van der Waals surface area contributed by atoms with E-state index >= 15 is 0 Å². The number of hydrogen-bond acceptors (Lipinski definition) is 5. The zero-order chi connectivity index (χ0) is 29.6. The quantitative estimate of drug-likeness (QED) is 0.359. The number of aromatic nitrogens is 2. The van der Waals surface area contributed by atoms with Gasteiger partial charge in [0.1, 0.15) is 5.75 Å². The monoisotopic (exact) mass is 577 g/mol. The molecule has 1 saturated heterocycles. The third kappa shape index (κ3) is 5.47. The first-order valence-electron chi connectivity index (χ1n) is 14.4. The topological polar surface area (TPSA) is 99.8 Å². The third-order valence-electron chi connectivity index (χ3n) is 9.48. The number of amides is 3. The van der Waals surface area contributed by atoms with Gasteiger partial charge in [0.05, 0.1) is 31.6 Å². The molecule has 2 N–H and O–H groups in total. The second-order valence-corrected chi connectivity index (χ2v) is 17.8. The number of pyridine rings is 1. The van der Waals surface area contributed by atoms with Gasteiger partial charge in [-0.3, -0.25) is 9.78 Å². The van der Waals surface area contributed by atoms with Crippen molar-refractivity contribution in [2.45, 2.75) is 70.1 Å². The van der Waals surface area contributed by atoms with Crippen molar-refractivity contribution in [3.05, 3.63) is 54.0 Å². The number of fused-ring (bicyclic) bond motifs is 4. The molecule has 2 aliphatic rings. The number of ether oxygens (including phenoxy) is 1. The summed E-state index contributed by atoms with van der Waals surface area (Å²) in [4.78, 5) is 38.0. The van der Waals surface area contributed by atoms with E-state index in [4.69, 9.17) is 9.16 Å². The number of urea groups is 1. The van der Waals surface area contributed by atoms with E-state index in [-0.39, 0.29) is 28.4 Å². The van der Waals surface area contributed by atoms with Crippen LogP contribution in [0.2, 0.25) is 18.1 Å². The Hall–Kier alpha value is -3.37. The SMILES string of the molecule is COc1ccc2c3c([nH]c2c1)C(CO[Si](C)(C)C(C)(C)C)N(C(C)=O)CC31CCN(C(=O)Nc2cccnc2)CC1. The summed E-state index contributed by atoms with van der Waals surface area (Å²) < 4.78 is 12.3. The standard InChI is InChI=1S/C31H43N5O4Si/c1-21(37)36-20-31(12-15-35(16-13-31)29(38)33-22-9-8-14-32-18-22)27-24-11-10-23(39-5)17-25(24)34-28(27)26(36)19-40-41(6,7)30(2,3)4/h8-11,14,17-18,26,34H,12-13,15-16,19-20H2,1-7H3,(H,33,38). The Labute approximate surface area is 243 Å². The number of carbonyl (C=O) groups excluding carboxylic acids is 2. The Bertz CT molecular complexity index is 1420. The van der Waals surface area contributed by atoms with Crippen molar-refractivity contribution in [3.8, 4) is 5.75 Å². The fraction of sp³-hybridized carbons (Fsp3) is 0.516. The number of rotatable bonds is 5. The first kappa shape index (κ1) is 29.1. The van der Waals surface area contributed by atoms with Gasteiger partial charge in [-0.2, -0.15) is 0 Å². The van der Waals surface area contributed by atoms with Crippen molar-refractivity contribution in [3.63, 3.8) is 0 Å². The summed E-state index contributed by atoms with van der Waals surface area (Å²) in [6, 6.07) is 9.45. The fourth-order valence-electron chi connectivity index (χ4n) is 6.01. The molecule has 0 radical (unpaired) electrons. The van der Waals surface area contributed by atoms with Crippen LogP contribution in [0.15, 0.2) is 42.7 Å². The number of nitrogens with one attached hydrogen (secondary N) is 2. The minimum Gasteiger partial charge on any atom is -0.497 e. The molecule has 41 heavy (non-hydrogen) atoms. The van der Waals surface area contributed by atoms with Crippen LogP contribution in [0, 0.1) is 0 Å². The highest BCUT2D eigenvalue weighted by molar-refractivity contribution is 6.74. The van der Waals surface area contributed by atoms with Gasteiger partial charge in [0.15, 0.2) is 8.32 Å². The molecule has 4 heterocycles. The fourth-order valence-corrected chi connectivity index (χ4v) is 7.02. The second kappa shape index (κ2) is 10.8. The van der Waals surface area contributed by atoms with Crippen LogP contribution in [-0.2, 0) is 14.6 Å². The lowest BCUT2D eigenvalue weighted by molar-refractivity contribution is -0.134. The van der Waals surface area contributed by atoms with Crippen molar-refractivity contribution in [1.29, 1.82) is 0 Å². The number of methoxy groups -OCH3 is 1. The number of likely N-dealkylation sites (tertiary alicyclic amines) is 1. The first-order chi connectivity index (χ1) is 19.3. The van der Waals surface area contributed by atoms with Gasteiger partial charge < -0.3 is 29.3 Å². The number of H-pyrrole nitrogens is 1. The largest absolute Gasteiger partial charge is 0.497 e. The summed E-state index contributed by atoms with van der Waals surface area (Å²) in [5, 5.41) is 4.17. The van der Waals surface area contributed by atoms with Crippen LogP contribution >= 0.6 is 0 Å². The number of anilines is 1. The van der Waals surface area contributed by atoms with Crippen molar-refractivity contribution >= 4 is 36.8 Å². The molecule has 0 saturated carbocycles. The average Bonchev–Trinajstić information content (AvgIpc) is 3.32. The summed E-state index contributed by atoms with van der Waals surface area (Å²) in [6.45, 7) is 15.1. The van der Waals surface area contributed by atoms with Gasteiger partial charge in [-0.25, -0.2) is 4.79 Å². The molecule has 1 spiro atoms. The van der Waals surface area contributed by atoms with Gasteiger partial charge >= 0.3 is 6.03 Å². The van der Waals surface area contributed by atoms with E-state index in [9.17, 15) is 9.59 Å². The Morgan fingerprint density at radius 2 is 1.93 bits per heavy atom. The smallest absolute Gasteiger partial charge is 0.321 e. The van der Waals surface area contributed by atoms with E-state index in [1.165, 1.54) is 5.56 Å². The maximum Gasteiger partial charge on any atom is 0.321 e. The molecule has 0 aliphatic carbocycles. The number of aromatic amines is 1. The molecular weight excluding hydrogens is 534 g/mol. The van der Waals surface area contributed by atoms with Gasteiger partial charge in [0, 0.05) is 60.8 Å². The van der Waals surface area contributed by atoms with Gasteiger partial charge in [-0.05, 0) is 60.8 Å². The molecule has 10 heteroatoms. The number of hydrogen-bond donors (Lipinski definition) is 2. The van der Waals surface area contributed by atoms with E-state index in [1.807, 2.05) is 28.0 Å². The highest BCUT2D eigenvalue weighted by Crippen LogP contribution is 2.50. The van der Waals surface area contributed by atoms with Crippen LogP contribution in [0.4, 0.5) is 10.5 Å². The van der Waals surface area contributed by atoms with E-state index in [2.05, 4.69) is 55.2 Å². The van der Waals surface area contributed by atoms with Crippen molar-refractivity contribution in [2.75, 3.05) is 38.7 Å². The minimum absolute atomic E-state index is 0.0341. The zero-order valence-electron chi connectivity index (χ0n) is 25.3. The van der Waals surface area contributed by atoms with E-state index in [0.29, 0.717) is 31.9 Å². The third-order valence-corrected chi connectivity index (χ3v) is 14.0. The summed E-state index contributed by atoms with van der Waals surface area (Å²) in [6.07, 6.45) is 4.83. The average molecular weight is 578 g/mol. The Morgan fingerprint density at radius 3 is 2.54 bits per heavy atom. The number of benzene rings is 1. The van der Waals surface area contributed by atoms with E-state index in [1.54, 1.807) is 32.5 Å². The van der Waals surface area contributed by atoms with Crippen LogP contribution in [-0.4, -0.2) is 73.4 Å². The minimum atomic E-state index is -2.06. The number of nitrogens with zero attached hydrogens (tertiary/aromatic N) is 3. The van der Waals surface area contributed by atoms with Crippen LogP contribution in [0.1, 0.15) is 57.8 Å². The summed E-state index contributed by atoms with van der Waals surface area (Å²) in [5.74, 6) is 0.816.